The minimum absolute atomic E-state index is 0.0353. The molecule has 0 radical (unpaired) electrons. The Morgan fingerprint density at radius 1 is 1.44 bits per heavy atom. The highest BCUT2D eigenvalue weighted by molar-refractivity contribution is 5.97. The Bertz CT molecular complexity index is 416. The summed E-state index contributed by atoms with van der Waals surface area (Å²) in [5.41, 5.74) is 0.244. The number of phenolic OH excluding ortho intramolecular Hbond substituents is 1. The van der Waals surface area contributed by atoms with Gasteiger partial charge in [0.25, 0.3) is 5.91 Å². The maximum atomic E-state index is 12.1. The van der Waals surface area contributed by atoms with Gasteiger partial charge in [0.15, 0.2) is 0 Å². The zero-order chi connectivity index (χ0) is 13.7. The monoisotopic (exact) mass is 251 g/mol. The quantitative estimate of drug-likeness (QED) is 0.845. The number of phenols is 1. The third kappa shape index (κ3) is 3.39. The molecule has 1 rings (SSSR count). The molecule has 1 aromatic rings. The van der Waals surface area contributed by atoms with Gasteiger partial charge in [0.1, 0.15) is 11.5 Å². The van der Waals surface area contributed by atoms with Gasteiger partial charge in [-0.05, 0) is 30.5 Å². The Balaban J connectivity index is 2.89. The van der Waals surface area contributed by atoms with Gasteiger partial charge < -0.3 is 15.2 Å². The van der Waals surface area contributed by atoms with Gasteiger partial charge in [-0.15, -0.1) is 0 Å². The van der Waals surface area contributed by atoms with Crippen LogP contribution >= 0.6 is 0 Å². The van der Waals surface area contributed by atoms with E-state index in [1.165, 1.54) is 19.2 Å². The number of aromatic hydroxyl groups is 1. The van der Waals surface area contributed by atoms with Crippen molar-refractivity contribution >= 4 is 5.91 Å². The topological polar surface area (TPSA) is 58.6 Å². The second-order valence-electron chi connectivity index (χ2n) is 4.62. The van der Waals surface area contributed by atoms with E-state index >= 15 is 0 Å². The number of methoxy groups -OCH3 is 1. The molecule has 100 valence electrons. The summed E-state index contributed by atoms with van der Waals surface area (Å²) in [4.78, 5) is 12.1. The van der Waals surface area contributed by atoms with E-state index < -0.39 is 0 Å². The number of benzene rings is 1. The lowest BCUT2D eigenvalue weighted by atomic mass is 10.0. The van der Waals surface area contributed by atoms with Crippen LogP contribution in [0.15, 0.2) is 18.2 Å². The number of hydrogen-bond donors (Lipinski definition) is 2. The molecule has 0 aromatic heterocycles. The van der Waals surface area contributed by atoms with E-state index in [4.69, 9.17) is 4.74 Å². The number of amides is 1. The van der Waals surface area contributed by atoms with Crippen LogP contribution in [0.3, 0.4) is 0 Å². The maximum Gasteiger partial charge on any atom is 0.255 e. The van der Waals surface area contributed by atoms with Gasteiger partial charge in [-0.3, -0.25) is 4.79 Å². The molecule has 1 unspecified atom stereocenters. The molecular weight excluding hydrogens is 230 g/mol. The summed E-state index contributed by atoms with van der Waals surface area (Å²) in [6.45, 7) is 6.14. The standard InChI is InChI=1S/C14H21NO3/c1-5-12(9(2)3)15-14(17)11-8-10(18-4)6-7-13(11)16/h6-9,12,16H,5H2,1-4H3,(H,15,17). The molecule has 18 heavy (non-hydrogen) atoms. The van der Waals surface area contributed by atoms with E-state index in [1.54, 1.807) is 6.07 Å². The first-order valence-corrected chi connectivity index (χ1v) is 6.17. The molecule has 1 aromatic carbocycles. The molecular formula is C14H21NO3. The lowest BCUT2D eigenvalue weighted by molar-refractivity contribution is 0.0921. The molecule has 4 nitrogen and oxygen atoms in total. The van der Waals surface area contributed by atoms with Crippen LogP contribution in [0, 0.1) is 5.92 Å². The van der Waals surface area contributed by atoms with Crippen LogP contribution in [0.25, 0.3) is 0 Å². The number of hydrogen-bond acceptors (Lipinski definition) is 3. The second-order valence-corrected chi connectivity index (χ2v) is 4.62. The van der Waals surface area contributed by atoms with Crippen molar-refractivity contribution in [2.24, 2.45) is 5.92 Å². The lowest BCUT2D eigenvalue weighted by Crippen LogP contribution is -2.38. The SMILES string of the molecule is CCC(NC(=O)c1cc(OC)ccc1O)C(C)C. The van der Waals surface area contributed by atoms with E-state index in [0.717, 1.165) is 6.42 Å². The summed E-state index contributed by atoms with van der Waals surface area (Å²) >= 11 is 0. The van der Waals surface area contributed by atoms with E-state index in [2.05, 4.69) is 19.2 Å². The van der Waals surface area contributed by atoms with Crippen LogP contribution < -0.4 is 10.1 Å². The molecule has 0 heterocycles. The van der Waals surface area contributed by atoms with Crippen LogP contribution in [0.2, 0.25) is 0 Å². The summed E-state index contributed by atoms with van der Waals surface area (Å²) in [5.74, 6) is 0.598. The Hall–Kier alpha value is -1.71. The van der Waals surface area contributed by atoms with Crippen LogP contribution in [0.4, 0.5) is 0 Å². The molecule has 0 aliphatic carbocycles. The third-order valence-corrected chi connectivity index (χ3v) is 3.01. The fourth-order valence-corrected chi connectivity index (χ4v) is 1.81. The molecule has 4 heteroatoms. The van der Waals surface area contributed by atoms with Crippen molar-refractivity contribution < 1.29 is 14.6 Å². The summed E-state index contributed by atoms with van der Waals surface area (Å²) in [7, 11) is 1.52. The normalized spacial score (nSPS) is 12.3. The zero-order valence-corrected chi connectivity index (χ0v) is 11.4. The van der Waals surface area contributed by atoms with Crippen LogP contribution in [-0.4, -0.2) is 24.2 Å². The van der Waals surface area contributed by atoms with E-state index in [1.807, 2.05) is 6.92 Å². The first kappa shape index (κ1) is 14.4. The molecule has 0 bridgehead atoms. The number of carbonyl (C=O) groups is 1. The fourth-order valence-electron chi connectivity index (χ4n) is 1.81. The van der Waals surface area contributed by atoms with E-state index in [-0.39, 0.29) is 23.3 Å². The Morgan fingerprint density at radius 2 is 2.11 bits per heavy atom. The predicted octanol–water partition coefficient (Wildman–Crippen LogP) is 2.57. The largest absolute Gasteiger partial charge is 0.507 e. The van der Waals surface area contributed by atoms with Gasteiger partial charge in [-0.1, -0.05) is 20.8 Å². The van der Waals surface area contributed by atoms with Crippen LogP contribution in [0.5, 0.6) is 11.5 Å². The van der Waals surface area contributed by atoms with Crippen molar-refractivity contribution in [3.8, 4) is 11.5 Å². The van der Waals surface area contributed by atoms with Crippen molar-refractivity contribution in [2.45, 2.75) is 33.2 Å². The van der Waals surface area contributed by atoms with E-state index in [9.17, 15) is 9.90 Å². The summed E-state index contributed by atoms with van der Waals surface area (Å²) < 4.78 is 5.05. The lowest BCUT2D eigenvalue weighted by Gasteiger charge is -2.21. The van der Waals surface area contributed by atoms with Gasteiger partial charge in [-0.2, -0.15) is 0 Å². The average Bonchev–Trinajstić information content (AvgIpc) is 2.35. The highest BCUT2D eigenvalue weighted by atomic mass is 16.5. The molecule has 0 aliphatic heterocycles. The molecule has 1 amide bonds. The van der Waals surface area contributed by atoms with E-state index in [0.29, 0.717) is 11.7 Å². The number of nitrogens with one attached hydrogen (secondary N) is 1. The first-order chi connectivity index (χ1) is 8.49. The van der Waals surface area contributed by atoms with Crippen molar-refractivity contribution in [2.75, 3.05) is 7.11 Å². The molecule has 1 atom stereocenters. The third-order valence-electron chi connectivity index (χ3n) is 3.01. The number of ether oxygens (including phenoxy) is 1. The van der Waals surface area contributed by atoms with Crippen molar-refractivity contribution in [1.29, 1.82) is 0 Å². The molecule has 0 spiro atoms. The van der Waals surface area contributed by atoms with Gasteiger partial charge in [0.05, 0.1) is 12.7 Å². The maximum absolute atomic E-state index is 12.1. The zero-order valence-electron chi connectivity index (χ0n) is 11.4. The minimum Gasteiger partial charge on any atom is -0.507 e. The van der Waals surface area contributed by atoms with Gasteiger partial charge in [-0.25, -0.2) is 0 Å². The van der Waals surface area contributed by atoms with Crippen LogP contribution in [-0.2, 0) is 0 Å². The smallest absolute Gasteiger partial charge is 0.255 e. The van der Waals surface area contributed by atoms with Gasteiger partial charge >= 0.3 is 0 Å². The highest BCUT2D eigenvalue weighted by Gasteiger charge is 2.18. The van der Waals surface area contributed by atoms with Crippen molar-refractivity contribution in [1.82, 2.24) is 5.32 Å². The van der Waals surface area contributed by atoms with Gasteiger partial charge in [0, 0.05) is 6.04 Å². The fraction of sp³-hybridized carbons (Fsp3) is 0.500. The second kappa shape index (κ2) is 6.28. The average molecular weight is 251 g/mol. The Morgan fingerprint density at radius 3 is 2.61 bits per heavy atom. The number of rotatable bonds is 5. The van der Waals surface area contributed by atoms with Gasteiger partial charge in [0.2, 0.25) is 0 Å². The van der Waals surface area contributed by atoms with Crippen LogP contribution in [0.1, 0.15) is 37.6 Å². The summed E-state index contributed by atoms with van der Waals surface area (Å²) in [6.07, 6.45) is 0.855. The molecule has 0 fully saturated rings. The molecule has 0 aliphatic rings. The Labute approximate surface area is 108 Å². The highest BCUT2D eigenvalue weighted by Crippen LogP contribution is 2.23. The first-order valence-electron chi connectivity index (χ1n) is 6.17. The molecule has 0 saturated heterocycles. The van der Waals surface area contributed by atoms with Crippen molar-refractivity contribution in [3.63, 3.8) is 0 Å². The van der Waals surface area contributed by atoms with Crippen molar-refractivity contribution in [3.05, 3.63) is 23.8 Å². The summed E-state index contributed by atoms with van der Waals surface area (Å²) in [5, 5.41) is 12.6. The predicted molar refractivity (Wildman–Crippen MR) is 71.0 cm³/mol. The molecule has 2 N–H and O–H groups in total. The summed E-state index contributed by atoms with van der Waals surface area (Å²) in [6, 6.07) is 4.72. The minimum atomic E-state index is -0.271. The molecule has 0 saturated carbocycles. The Kier molecular flexibility index (Phi) is 5.01. The number of carbonyl (C=O) groups excluding carboxylic acids is 1.